The lowest BCUT2D eigenvalue weighted by atomic mass is 10.1. The van der Waals surface area contributed by atoms with Crippen LogP contribution in [0.3, 0.4) is 0 Å². The largest absolute Gasteiger partial charge is 0.461 e. The van der Waals surface area contributed by atoms with Crippen LogP contribution in [0, 0.1) is 0 Å². The van der Waals surface area contributed by atoms with Crippen LogP contribution in [0.1, 0.15) is 87.3 Å². The Balaban J connectivity index is 1.89. The summed E-state index contributed by atoms with van der Waals surface area (Å²) in [4.78, 5) is 11.9. The molecule has 0 unspecified atom stereocenters. The third-order valence-corrected chi connectivity index (χ3v) is 3.93. The number of nitrogens with zero attached hydrogens (tertiary/aromatic N) is 3. The number of rotatable bonds is 10. The fourth-order valence-corrected chi connectivity index (χ4v) is 2.63. The van der Waals surface area contributed by atoms with Crippen molar-refractivity contribution in [3.05, 3.63) is 11.4 Å². The minimum Gasteiger partial charge on any atom is -0.461 e. The van der Waals surface area contributed by atoms with E-state index in [0.29, 0.717) is 18.2 Å². The Morgan fingerprint density at radius 3 is 2.57 bits per heavy atom. The van der Waals surface area contributed by atoms with Crippen LogP contribution >= 0.6 is 0 Å². The van der Waals surface area contributed by atoms with E-state index in [2.05, 4.69) is 17.2 Å². The lowest BCUT2D eigenvalue weighted by Crippen LogP contribution is -2.10. The highest BCUT2D eigenvalue weighted by Crippen LogP contribution is 2.41. The zero-order valence-electron chi connectivity index (χ0n) is 13.3. The van der Waals surface area contributed by atoms with Crippen LogP contribution < -0.4 is 0 Å². The molecule has 0 bridgehead atoms. The van der Waals surface area contributed by atoms with E-state index in [9.17, 15) is 4.79 Å². The van der Waals surface area contributed by atoms with Crippen LogP contribution in [0.4, 0.5) is 0 Å². The number of carbonyl (C=O) groups is 1. The quantitative estimate of drug-likeness (QED) is 0.487. The summed E-state index contributed by atoms with van der Waals surface area (Å²) in [6.07, 6.45) is 9.80. The topological polar surface area (TPSA) is 57.0 Å². The maximum atomic E-state index is 11.9. The molecule has 0 saturated heterocycles. The van der Waals surface area contributed by atoms with E-state index in [1.54, 1.807) is 0 Å². The smallest absolute Gasteiger partial charge is 0.360 e. The van der Waals surface area contributed by atoms with Crippen molar-refractivity contribution in [3.8, 4) is 0 Å². The highest BCUT2D eigenvalue weighted by molar-refractivity contribution is 5.88. The first kappa shape index (κ1) is 16.0. The Kier molecular flexibility index (Phi) is 6.21. The Morgan fingerprint density at radius 1 is 1.19 bits per heavy atom. The molecule has 21 heavy (non-hydrogen) atoms. The number of ether oxygens (including phenoxy) is 1. The van der Waals surface area contributed by atoms with Gasteiger partial charge in [-0.15, -0.1) is 5.10 Å². The molecule has 0 spiro atoms. The van der Waals surface area contributed by atoms with Crippen molar-refractivity contribution in [3.63, 3.8) is 0 Å². The Morgan fingerprint density at radius 2 is 1.90 bits per heavy atom. The maximum absolute atomic E-state index is 11.9. The summed E-state index contributed by atoms with van der Waals surface area (Å²) < 4.78 is 7.01. The van der Waals surface area contributed by atoms with Crippen LogP contribution in [0.25, 0.3) is 0 Å². The minimum absolute atomic E-state index is 0.325. The van der Waals surface area contributed by atoms with Gasteiger partial charge in [-0.2, -0.15) is 0 Å². The normalized spacial score (nSPS) is 14.4. The van der Waals surface area contributed by atoms with Gasteiger partial charge in [-0.1, -0.05) is 44.2 Å². The molecule has 0 atom stereocenters. The Hall–Kier alpha value is -1.39. The van der Waals surface area contributed by atoms with Gasteiger partial charge in [0.2, 0.25) is 0 Å². The molecule has 1 aliphatic carbocycles. The molecule has 1 aromatic heterocycles. The molecule has 118 valence electrons. The van der Waals surface area contributed by atoms with Crippen LogP contribution in [0.15, 0.2) is 0 Å². The Labute approximate surface area is 127 Å². The molecule has 1 fully saturated rings. The number of carbonyl (C=O) groups excluding carboxylic acids is 1. The van der Waals surface area contributed by atoms with E-state index in [-0.39, 0.29) is 5.97 Å². The van der Waals surface area contributed by atoms with Gasteiger partial charge in [-0.25, -0.2) is 9.48 Å². The van der Waals surface area contributed by atoms with E-state index in [4.69, 9.17) is 4.74 Å². The molecular weight excluding hydrogens is 266 g/mol. The average molecular weight is 293 g/mol. The molecular formula is C16H27N3O2. The second-order valence-corrected chi connectivity index (χ2v) is 5.81. The molecule has 1 aliphatic rings. The molecule has 1 aromatic rings. The zero-order chi connectivity index (χ0) is 15.1. The highest BCUT2D eigenvalue weighted by atomic mass is 16.5. The molecule has 2 rings (SSSR count). The van der Waals surface area contributed by atoms with E-state index >= 15 is 0 Å². The summed E-state index contributed by atoms with van der Waals surface area (Å²) in [7, 11) is 0. The van der Waals surface area contributed by atoms with Gasteiger partial charge >= 0.3 is 5.97 Å². The molecule has 0 N–H and O–H groups in total. The van der Waals surface area contributed by atoms with E-state index in [1.807, 2.05) is 11.6 Å². The molecule has 0 aromatic carbocycles. The van der Waals surface area contributed by atoms with Gasteiger partial charge in [0.25, 0.3) is 0 Å². The van der Waals surface area contributed by atoms with Crippen LogP contribution in [-0.4, -0.2) is 27.6 Å². The second kappa shape index (κ2) is 8.15. The average Bonchev–Trinajstić information content (AvgIpc) is 3.23. The number of aryl methyl sites for hydroxylation is 1. The number of hydrogen-bond acceptors (Lipinski definition) is 4. The highest BCUT2D eigenvalue weighted by Gasteiger charge is 2.34. The van der Waals surface area contributed by atoms with Gasteiger partial charge in [0.05, 0.1) is 12.3 Å². The van der Waals surface area contributed by atoms with Gasteiger partial charge in [-0.05, 0) is 26.2 Å². The van der Waals surface area contributed by atoms with Crippen LogP contribution in [-0.2, 0) is 11.3 Å². The van der Waals surface area contributed by atoms with Gasteiger partial charge in [-0.3, -0.25) is 0 Å². The van der Waals surface area contributed by atoms with Crippen molar-refractivity contribution >= 4 is 5.97 Å². The van der Waals surface area contributed by atoms with E-state index in [1.165, 1.54) is 32.1 Å². The van der Waals surface area contributed by atoms with Gasteiger partial charge in [0, 0.05) is 12.5 Å². The Bertz CT molecular complexity index is 452. The zero-order valence-corrected chi connectivity index (χ0v) is 13.3. The van der Waals surface area contributed by atoms with Crippen molar-refractivity contribution < 1.29 is 9.53 Å². The van der Waals surface area contributed by atoms with Crippen molar-refractivity contribution in [2.45, 2.75) is 77.7 Å². The lowest BCUT2D eigenvalue weighted by molar-refractivity contribution is 0.0518. The summed E-state index contributed by atoms with van der Waals surface area (Å²) in [5.74, 6) is 0.132. The first-order valence-corrected chi connectivity index (χ1v) is 8.38. The summed E-state index contributed by atoms with van der Waals surface area (Å²) >= 11 is 0. The lowest BCUT2D eigenvalue weighted by Gasteiger charge is -2.07. The molecule has 1 heterocycles. The number of unbranched alkanes of at least 4 members (excludes halogenated alkanes) is 5. The SMILES string of the molecule is CCCCCCCCn1nnc(C(=O)OCC)c1C1CC1. The predicted octanol–water partition coefficient (Wildman–Crippen LogP) is 3.69. The van der Waals surface area contributed by atoms with Gasteiger partial charge in [0.1, 0.15) is 0 Å². The van der Waals surface area contributed by atoms with Gasteiger partial charge in [0.15, 0.2) is 5.69 Å². The van der Waals surface area contributed by atoms with Crippen molar-refractivity contribution in [1.29, 1.82) is 0 Å². The standard InChI is InChI=1S/C16H27N3O2/c1-3-5-6-7-8-9-12-19-15(13-10-11-13)14(17-18-19)16(20)21-4-2/h13H,3-12H2,1-2H3. The summed E-state index contributed by atoms with van der Waals surface area (Å²) in [6.45, 7) is 5.29. The second-order valence-electron chi connectivity index (χ2n) is 5.81. The number of esters is 1. The van der Waals surface area contributed by atoms with Crippen molar-refractivity contribution in [2.24, 2.45) is 0 Å². The van der Waals surface area contributed by atoms with Crippen LogP contribution in [0.5, 0.6) is 0 Å². The molecule has 0 radical (unpaired) electrons. The van der Waals surface area contributed by atoms with E-state index < -0.39 is 0 Å². The van der Waals surface area contributed by atoms with Crippen LogP contribution in [0.2, 0.25) is 0 Å². The fraction of sp³-hybridized carbons (Fsp3) is 0.812. The molecule has 1 saturated carbocycles. The molecule has 0 aliphatic heterocycles. The molecule has 5 nitrogen and oxygen atoms in total. The third kappa shape index (κ3) is 4.55. The monoisotopic (exact) mass is 293 g/mol. The summed E-state index contributed by atoms with van der Waals surface area (Å²) in [6, 6.07) is 0. The first-order valence-electron chi connectivity index (χ1n) is 8.38. The van der Waals surface area contributed by atoms with Gasteiger partial charge < -0.3 is 4.74 Å². The fourth-order valence-electron chi connectivity index (χ4n) is 2.63. The maximum Gasteiger partial charge on any atom is 0.360 e. The summed E-state index contributed by atoms with van der Waals surface area (Å²) in [5, 5.41) is 8.24. The number of aromatic nitrogens is 3. The minimum atomic E-state index is -0.325. The van der Waals surface area contributed by atoms with Crippen molar-refractivity contribution in [2.75, 3.05) is 6.61 Å². The van der Waals surface area contributed by atoms with Crippen molar-refractivity contribution in [1.82, 2.24) is 15.0 Å². The molecule has 0 amide bonds. The molecule has 5 heteroatoms. The number of hydrogen-bond donors (Lipinski definition) is 0. The first-order chi connectivity index (χ1) is 10.3. The van der Waals surface area contributed by atoms with E-state index in [0.717, 1.165) is 31.5 Å². The third-order valence-electron chi connectivity index (χ3n) is 3.93. The predicted molar refractivity (Wildman–Crippen MR) is 81.3 cm³/mol. The summed E-state index contributed by atoms with van der Waals surface area (Å²) in [5.41, 5.74) is 1.44.